The lowest BCUT2D eigenvalue weighted by atomic mass is 10.0. The molecule has 2 saturated heterocycles. The standard InChI is InChI=1S/C31H36ClN5O2/c1-21-10-11-27(16-28(21)32)37(31(39)34-26-8-5-4-6-9-26)15-7-14-35-17-24-19-36(20-25(24)18-35)30(38)29-22(2)12-13-33-23(29)3/h4-6,8-13,16,24-25H,7,14-15,17-20H2,1-3H3,(H,34,39). The fourth-order valence-corrected chi connectivity index (χ4v) is 6.05. The highest BCUT2D eigenvalue weighted by Crippen LogP contribution is 2.33. The molecule has 0 radical (unpaired) electrons. The largest absolute Gasteiger partial charge is 0.338 e. The van der Waals surface area contributed by atoms with Crippen molar-refractivity contribution in [2.24, 2.45) is 11.8 Å². The SMILES string of the molecule is Cc1ccc(N(CCCN2CC3CN(C(=O)c4c(C)ccnc4C)CC3C2)C(=O)Nc2ccccc2)cc1Cl. The first-order valence-electron chi connectivity index (χ1n) is 13.6. The molecule has 0 aliphatic carbocycles. The topological polar surface area (TPSA) is 68.8 Å². The Morgan fingerprint density at radius 1 is 0.974 bits per heavy atom. The highest BCUT2D eigenvalue weighted by molar-refractivity contribution is 6.31. The van der Waals surface area contributed by atoms with Gasteiger partial charge in [-0.05, 0) is 87.0 Å². The lowest BCUT2D eigenvalue weighted by molar-refractivity contribution is 0.0772. The van der Waals surface area contributed by atoms with E-state index in [2.05, 4.69) is 15.2 Å². The Balaban J connectivity index is 1.17. The van der Waals surface area contributed by atoms with Gasteiger partial charge in [0.15, 0.2) is 0 Å². The van der Waals surface area contributed by atoms with Crippen LogP contribution in [0.1, 0.15) is 33.6 Å². The van der Waals surface area contributed by atoms with Crippen molar-refractivity contribution in [1.29, 1.82) is 0 Å². The zero-order chi connectivity index (χ0) is 27.5. The molecule has 39 heavy (non-hydrogen) atoms. The van der Waals surface area contributed by atoms with Gasteiger partial charge in [-0.1, -0.05) is 35.9 Å². The summed E-state index contributed by atoms with van der Waals surface area (Å²) in [6.07, 6.45) is 2.60. The van der Waals surface area contributed by atoms with Crippen molar-refractivity contribution in [2.75, 3.05) is 49.5 Å². The maximum Gasteiger partial charge on any atom is 0.326 e. The normalized spacial score (nSPS) is 18.7. The second-order valence-electron chi connectivity index (χ2n) is 10.8. The van der Waals surface area contributed by atoms with Crippen molar-refractivity contribution >= 4 is 34.9 Å². The van der Waals surface area contributed by atoms with E-state index in [0.29, 0.717) is 23.4 Å². The van der Waals surface area contributed by atoms with Crippen LogP contribution in [0.5, 0.6) is 0 Å². The molecule has 8 heteroatoms. The van der Waals surface area contributed by atoms with Gasteiger partial charge in [0.25, 0.3) is 5.91 Å². The molecule has 2 atom stereocenters. The monoisotopic (exact) mass is 545 g/mol. The number of benzene rings is 2. The van der Waals surface area contributed by atoms with E-state index in [4.69, 9.17) is 11.6 Å². The molecule has 2 aliphatic heterocycles. The summed E-state index contributed by atoms with van der Waals surface area (Å²) >= 11 is 6.41. The lowest BCUT2D eigenvalue weighted by Crippen LogP contribution is -2.38. The molecule has 2 aliphatic rings. The van der Waals surface area contributed by atoms with E-state index in [0.717, 1.165) is 72.9 Å². The molecule has 5 rings (SSSR count). The number of fused-ring (bicyclic) bond motifs is 1. The van der Waals surface area contributed by atoms with Gasteiger partial charge in [0.1, 0.15) is 0 Å². The first-order valence-corrected chi connectivity index (χ1v) is 14.0. The van der Waals surface area contributed by atoms with Crippen LogP contribution in [0.25, 0.3) is 0 Å². The van der Waals surface area contributed by atoms with Gasteiger partial charge in [-0.25, -0.2) is 4.79 Å². The Labute approximate surface area is 235 Å². The predicted octanol–water partition coefficient (Wildman–Crippen LogP) is 5.79. The number of likely N-dealkylation sites (tertiary alicyclic amines) is 2. The molecular weight excluding hydrogens is 510 g/mol. The number of rotatable bonds is 7. The molecular formula is C31H36ClN5O2. The van der Waals surface area contributed by atoms with Crippen LogP contribution in [0.4, 0.5) is 16.2 Å². The van der Waals surface area contributed by atoms with E-state index in [1.165, 1.54) is 0 Å². The minimum atomic E-state index is -0.172. The minimum Gasteiger partial charge on any atom is -0.338 e. The molecule has 204 valence electrons. The first kappa shape index (κ1) is 27.2. The Hall–Kier alpha value is -3.42. The van der Waals surface area contributed by atoms with Crippen molar-refractivity contribution in [3.8, 4) is 0 Å². The van der Waals surface area contributed by atoms with Crippen molar-refractivity contribution in [1.82, 2.24) is 14.8 Å². The summed E-state index contributed by atoms with van der Waals surface area (Å²) in [6.45, 7) is 10.9. The van der Waals surface area contributed by atoms with E-state index in [-0.39, 0.29) is 11.9 Å². The number of carbonyl (C=O) groups excluding carboxylic acids is 2. The van der Waals surface area contributed by atoms with Crippen LogP contribution in [0.15, 0.2) is 60.8 Å². The third-order valence-electron chi connectivity index (χ3n) is 8.01. The number of urea groups is 1. The average Bonchev–Trinajstić information content (AvgIpc) is 3.48. The number of anilines is 2. The summed E-state index contributed by atoms with van der Waals surface area (Å²) < 4.78 is 0. The second-order valence-corrected chi connectivity index (χ2v) is 11.2. The molecule has 0 spiro atoms. The van der Waals surface area contributed by atoms with E-state index in [1.807, 2.05) is 80.3 Å². The highest BCUT2D eigenvalue weighted by Gasteiger charge is 2.42. The summed E-state index contributed by atoms with van der Waals surface area (Å²) in [7, 11) is 0. The van der Waals surface area contributed by atoms with Crippen molar-refractivity contribution in [3.05, 3.63) is 88.2 Å². The molecule has 0 saturated carbocycles. The molecule has 0 bridgehead atoms. The fourth-order valence-electron chi connectivity index (χ4n) is 5.88. The van der Waals surface area contributed by atoms with E-state index < -0.39 is 0 Å². The highest BCUT2D eigenvalue weighted by atomic mass is 35.5. The van der Waals surface area contributed by atoms with Crippen LogP contribution < -0.4 is 10.2 Å². The van der Waals surface area contributed by atoms with Crippen molar-refractivity contribution in [3.63, 3.8) is 0 Å². The summed E-state index contributed by atoms with van der Waals surface area (Å²) in [4.78, 5) is 37.1. The lowest BCUT2D eigenvalue weighted by Gasteiger charge is -2.26. The van der Waals surface area contributed by atoms with Gasteiger partial charge in [-0.2, -0.15) is 0 Å². The number of hydrogen-bond donors (Lipinski definition) is 1. The van der Waals surface area contributed by atoms with Crippen LogP contribution in [-0.4, -0.2) is 66.0 Å². The van der Waals surface area contributed by atoms with Crippen molar-refractivity contribution in [2.45, 2.75) is 27.2 Å². The summed E-state index contributed by atoms with van der Waals surface area (Å²) in [5, 5.41) is 3.66. The van der Waals surface area contributed by atoms with Crippen molar-refractivity contribution < 1.29 is 9.59 Å². The number of amides is 3. The molecule has 2 unspecified atom stereocenters. The number of aromatic nitrogens is 1. The van der Waals surface area contributed by atoms with Crippen LogP contribution in [-0.2, 0) is 0 Å². The van der Waals surface area contributed by atoms with Gasteiger partial charge in [0.05, 0.1) is 11.3 Å². The van der Waals surface area contributed by atoms with E-state index in [9.17, 15) is 9.59 Å². The van der Waals surface area contributed by atoms with E-state index in [1.54, 1.807) is 11.1 Å². The Kier molecular flexibility index (Phi) is 8.19. The minimum absolute atomic E-state index is 0.107. The van der Waals surface area contributed by atoms with Gasteiger partial charge >= 0.3 is 6.03 Å². The van der Waals surface area contributed by atoms with Gasteiger partial charge in [-0.3, -0.25) is 14.7 Å². The van der Waals surface area contributed by atoms with E-state index >= 15 is 0 Å². The molecule has 3 aromatic rings. The number of hydrogen-bond acceptors (Lipinski definition) is 4. The van der Waals surface area contributed by atoms with Gasteiger partial charge < -0.3 is 15.1 Å². The zero-order valence-electron chi connectivity index (χ0n) is 22.9. The third-order valence-corrected chi connectivity index (χ3v) is 8.41. The van der Waals surface area contributed by atoms with Crippen LogP contribution in [0.2, 0.25) is 5.02 Å². The molecule has 3 amide bonds. The molecule has 3 heterocycles. The van der Waals surface area contributed by atoms with Gasteiger partial charge in [-0.15, -0.1) is 0 Å². The number of aryl methyl sites for hydroxylation is 3. The van der Waals surface area contributed by atoms with Gasteiger partial charge in [0, 0.05) is 55.3 Å². The van der Waals surface area contributed by atoms with Crippen LogP contribution in [0.3, 0.4) is 0 Å². The quantitative estimate of drug-likeness (QED) is 0.408. The number of nitrogens with one attached hydrogen (secondary N) is 1. The molecule has 2 fully saturated rings. The molecule has 2 aromatic carbocycles. The average molecular weight is 546 g/mol. The predicted molar refractivity (Wildman–Crippen MR) is 157 cm³/mol. The first-order chi connectivity index (χ1) is 18.8. The molecule has 1 N–H and O–H groups in total. The van der Waals surface area contributed by atoms with Gasteiger partial charge in [0.2, 0.25) is 0 Å². The number of carbonyl (C=O) groups is 2. The zero-order valence-corrected chi connectivity index (χ0v) is 23.6. The summed E-state index contributed by atoms with van der Waals surface area (Å²) in [5.74, 6) is 1.08. The summed E-state index contributed by atoms with van der Waals surface area (Å²) in [6, 6.07) is 17.0. The molecule has 1 aromatic heterocycles. The smallest absolute Gasteiger partial charge is 0.326 e. The maximum absolute atomic E-state index is 13.3. The summed E-state index contributed by atoms with van der Waals surface area (Å²) in [5.41, 5.74) is 5.06. The Morgan fingerprint density at radius 2 is 1.69 bits per heavy atom. The van der Waals surface area contributed by atoms with Crippen LogP contribution >= 0.6 is 11.6 Å². The number of para-hydroxylation sites is 1. The second kappa shape index (κ2) is 11.8. The number of pyridine rings is 1. The third kappa shape index (κ3) is 6.10. The fraction of sp³-hybridized carbons (Fsp3) is 0.387. The Bertz CT molecular complexity index is 1310. The Morgan fingerprint density at radius 3 is 2.36 bits per heavy atom. The number of nitrogens with zero attached hydrogens (tertiary/aromatic N) is 4. The molecule has 7 nitrogen and oxygen atoms in total. The number of halogens is 1. The maximum atomic E-state index is 13.3. The van der Waals surface area contributed by atoms with Crippen LogP contribution in [0, 0.1) is 32.6 Å².